The summed E-state index contributed by atoms with van der Waals surface area (Å²) >= 11 is 0. The van der Waals surface area contributed by atoms with Crippen LogP contribution in [0.25, 0.3) is 0 Å². The molecule has 1 fully saturated rings. The highest BCUT2D eigenvalue weighted by Gasteiger charge is 2.32. The normalized spacial score (nSPS) is 19.7. The summed E-state index contributed by atoms with van der Waals surface area (Å²) in [4.78, 5) is 6.32. The van der Waals surface area contributed by atoms with Crippen LogP contribution in [0.5, 0.6) is 0 Å². The quantitative estimate of drug-likeness (QED) is 0.905. The maximum atomic E-state index is 13.0. The molecule has 1 aromatic heterocycles. The Morgan fingerprint density at radius 1 is 1.33 bits per heavy atom. The molecule has 0 spiro atoms. The lowest BCUT2D eigenvalue weighted by molar-refractivity contribution is -0.137. The van der Waals surface area contributed by atoms with Crippen LogP contribution in [0.1, 0.15) is 38.7 Å². The van der Waals surface area contributed by atoms with E-state index in [2.05, 4.69) is 17.2 Å². The van der Waals surface area contributed by atoms with Gasteiger partial charge in [-0.15, -0.1) is 0 Å². The van der Waals surface area contributed by atoms with Gasteiger partial charge in [-0.1, -0.05) is 13.3 Å². The van der Waals surface area contributed by atoms with Gasteiger partial charge in [0.1, 0.15) is 11.6 Å². The fourth-order valence-corrected chi connectivity index (χ4v) is 2.72. The van der Waals surface area contributed by atoms with Crippen molar-refractivity contribution < 1.29 is 13.2 Å². The standard InChI is InChI=1S/C15H22F3N3/c1-3-11-6-5-7-21(10-11)14-9-12(15(16,17)18)8-13(20-14)19-4-2/h8-9,11H,3-7,10H2,1-2H3,(H,19,20). The summed E-state index contributed by atoms with van der Waals surface area (Å²) in [6, 6.07) is 2.24. The SMILES string of the molecule is CCNc1cc(C(F)(F)F)cc(N2CCCC(CC)C2)n1. The van der Waals surface area contributed by atoms with E-state index in [1.807, 2.05) is 11.8 Å². The van der Waals surface area contributed by atoms with Gasteiger partial charge in [-0.2, -0.15) is 13.2 Å². The zero-order valence-electron chi connectivity index (χ0n) is 12.5. The first-order chi connectivity index (χ1) is 9.94. The van der Waals surface area contributed by atoms with E-state index >= 15 is 0 Å². The minimum atomic E-state index is -4.35. The Balaban J connectivity index is 2.31. The zero-order valence-corrected chi connectivity index (χ0v) is 12.5. The fourth-order valence-electron chi connectivity index (χ4n) is 2.72. The van der Waals surface area contributed by atoms with Crippen molar-refractivity contribution in [3.63, 3.8) is 0 Å². The highest BCUT2D eigenvalue weighted by Crippen LogP contribution is 2.34. The lowest BCUT2D eigenvalue weighted by Gasteiger charge is -2.33. The van der Waals surface area contributed by atoms with E-state index in [4.69, 9.17) is 0 Å². The first-order valence-corrected chi connectivity index (χ1v) is 7.52. The topological polar surface area (TPSA) is 28.2 Å². The minimum absolute atomic E-state index is 0.293. The number of pyridine rings is 1. The summed E-state index contributed by atoms with van der Waals surface area (Å²) in [6.07, 6.45) is -1.14. The van der Waals surface area contributed by atoms with Gasteiger partial charge in [0.2, 0.25) is 0 Å². The molecular formula is C15H22F3N3. The van der Waals surface area contributed by atoms with E-state index in [9.17, 15) is 13.2 Å². The van der Waals surface area contributed by atoms with Gasteiger partial charge in [0, 0.05) is 19.6 Å². The van der Waals surface area contributed by atoms with Gasteiger partial charge in [0.15, 0.2) is 0 Å². The molecule has 6 heteroatoms. The second-order valence-electron chi connectivity index (χ2n) is 5.49. The van der Waals surface area contributed by atoms with Crippen molar-refractivity contribution in [1.29, 1.82) is 0 Å². The third-order valence-electron chi connectivity index (χ3n) is 3.92. The number of aromatic nitrogens is 1. The molecule has 0 radical (unpaired) electrons. The van der Waals surface area contributed by atoms with E-state index in [0.717, 1.165) is 38.4 Å². The fraction of sp³-hybridized carbons (Fsp3) is 0.667. The molecule has 2 rings (SSSR count). The number of nitrogens with one attached hydrogen (secondary N) is 1. The molecule has 1 N–H and O–H groups in total. The molecule has 3 nitrogen and oxygen atoms in total. The first-order valence-electron chi connectivity index (χ1n) is 7.52. The largest absolute Gasteiger partial charge is 0.416 e. The van der Waals surface area contributed by atoms with Gasteiger partial charge < -0.3 is 10.2 Å². The minimum Gasteiger partial charge on any atom is -0.370 e. The average molecular weight is 301 g/mol. The third-order valence-corrected chi connectivity index (χ3v) is 3.92. The van der Waals surface area contributed by atoms with Gasteiger partial charge in [-0.05, 0) is 37.8 Å². The second-order valence-corrected chi connectivity index (χ2v) is 5.49. The molecule has 0 bridgehead atoms. The molecule has 0 aromatic carbocycles. The molecule has 1 aliphatic heterocycles. The Kier molecular flexibility index (Phi) is 4.96. The van der Waals surface area contributed by atoms with Crippen LogP contribution >= 0.6 is 0 Å². The summed E-state index contributed by atoms with van der Waals surface area (Å²) in [6.45, 7) is 6.07. The maximum absolute atomic E-state index is 13.0. The Hall–Kier alpha value is -1.46. The van der Waals surface area contributed by atoms with E-state index in [-0.39, 0.29) is 0 Å². The van der Waals surface area contributed by atoms with Crippen molar-refractivity contribution in [3.05, 3.63) is 17.7 Å². The van der Waals surface area contributed by atoms with Crippen molar-refractivity contribution in [1.82, 2.24) is 4.98 Å². The Morgan fingerprint density at radius 3 is 2.71 bits per heavy atom. The second kappa shape index (κ2) is 6.54. The number of anilines is 2. The molecule has 0 saturated carbocycles. The van der Waals surface area contributed by atoms with Crippen LogP contribution in [-0.2, 0) is 6.18 Å². The summed E-state index contributed by atoms with van der Waals surface area (Å²) in [5, 5.41) is 2.89. The summed E-state index contributed by atoms with van der Waals surface area (Å²) < 4.78 is 39.1. The number of alkyl halides is 3. The van der Waals surface area contributed by atoms with Gasteiger partial charge in [-0.3, -0.25) is 0 Å². The number of rotatable bonds is 4. The molecule has 118 valence electrons. The van der Waals surface area contributed by atoms with E-state index < -0.39 is 11.7 Å². The van der Waals surface area contributed by atoms with Crippen LogP contribution in [-0.4, -0.2) is 24.6 Å². The van der Waals surface area contributed by atoms with Crippen molar-refractivity contribution in [3.8, 4) is 0 Å². The monoisotopic (exact) mass is 301 g/mol. The predicted molar refractivity (Wildman–Crippen MR) is 78.6 cm³/mol. The highest BCUT2D eigenvalue weighted by molar-refractivity contribution is 5.51. The molecule has 0 amide bonds. The van der Waals surface area contributed by atoms with Crippen LogP contribution in [0.3, 0.4) is 0 Å². The van der Waals surface area contributed by atoms with Crippen molar-refractivity contribution in [2.24, 2.45) is 5.92 Å². The highest BCUT2D eigenvalue weighted by atomic mass is 19.4. The van der Waals surface area contributed by atoms with Gasteiger partial charge in [0.05, 0.1) is 5.56 Å². The first kappa shape index (κ1) is 15.9. The van der Waals surface area contributed by atoms with E-state index in [1.54, 1.807) is 0 Å². The summed E-state index contributed by atoms with van der Waals surface area (Å²) in [5.74, 6) is 1.26. The predicted octanol–water partition coefficient (Wildman–Crippen LogP) is 4.16. The number of halogens is 3. The molecular weight excluding hydrogens is 279 g/mol. The molecule has 0 aliphatic carbocycles. The van der Waals surface area contributed by atoms with Crippen molar-refractivity contribution in [2.75, 3.05) is 29.9 Å². The number of hydrogen-bond acceptors (Lipinski definition) is 3. The van der Waals surface area contributed by atoms with Crippen LogP contribution in [0.2, 0.25) is 0 Å². The van der Waals surface area contributed by atoms with Crippen LogP contribution < -0.4 is 10.2 Å². The lowest BCUT2D eigenvalue weighted by Crippen LogP contribution is -2.36. The Morgan fingerprint density at radius 2 is 2.10 bits per heavy atom. The molecule has 1 saturated heterocycles. The number of hydrogen-bond donors (Lipinski definition) is 1. The van der Waals surface area contributed by atoms with Gasteiger partial charge >= 0.3 is 6.18 Å². The maximum Gasteiger partial charge on any atom is 0.416 e. The Bertz CT molecular complexity index is 474. The smallest absolute Gasteiger partial charge is 0.370 e. The third kappa shape index (κ3) is 4.02. The average Bonchev–Trinajstić information content (AvgIpc) is 2.46. The van der Waals surface area contributed by atoms with Crippen molar-refractivity contribution >= 4 is 11.6 Å². The van der Waals surface area contributed by atoms with Crippen molar-refractivity contribution in [2.45, 2.75) is 39.3 Å². The van der Waals surface area contributed by atoms with E-state index in [0.29, 0.717) is 24.1 Å². The van der Waals surface area contributed by atoms with Crippen LogP contribution in [0, 0.1) is 5.92 Å². The van der Waals surface area contributed by atoms with Gasteiger partial charge in [0.25, 0.3) is 0 Å². The number of nitrogens with zero attached hydrogens (tertiary/aromatic N) is 2. The molecule has 2 heterocycles. The number of piperidine rings is 1. The summed E-state index contributed by atoms with van der Waals surface area (Å²) in [5.41, 5.74) is -0.637. The van der Waals surface area contributed by atoms with Crippen LogP contribution in [0.4, 0.5) is 24.8 Å². The zero-order chi connectivity index (χ0) is 15.5. The van der Waals surface area contributed by atoms with Gasteiger partial charge in [-0.25, -0.2) is 4.98 Å². The lowest BCUT2D eigenvalue weighted by atomic mass is 9.95. The molecule has 21 heavy (non-hydrogen) atoms. The molecule has 1 unspecified atom stereocenters. The molecule has 1 atom stereocenters. The van der Waals surface area contributed by atoms with Crippen LogP contribution in [0.15, 0.2) is 12.1 Å². The molecule has 1 aliphatic rings. The molecule has 1 aromatic rings. The summed E-state index contributed by atoms with van der Waals surface area (Å²) in [7, 11) is 0. The van der Waals surface area contributed by atoms with E-state index in [1.165, 1.54) is 6.07 Å². The Labute approximate surface area is 123 Å².